The number of ether oxygens (including phenoxy) is 1. The van der Waals surface area contributed by atoms with E-state index in [1.54, 1.807) is 30.9 Å². The van der Waals surface area contributed by atoms with E-state index in [9.17, 15) is 13.2 Å². The fourth-order valence-electron chi connectivity index (χ4n) is 6.46. The van der Waals surface area contributed by atoms with Crippen LogP contribution >= 0.6 is 11.6 Å². The van der Waals surface area contributed by atoms with Crippen molar-refractivity contribution in [1.82, 2.24) is 9.88 Å². The average Bonchev–Trinajstić information content (AvgIpc) is 3.51. The summed E-state index contributed by atoms with van der Waals surface area (Å²) in [5.41, 5.74) is 3.63. The summed E-state index contributed by atoms with van der Waals surface area (Å²) in [7, 11) is -4.05. The largest absolute Gasteiger partial charge is 0.448 e. The van der Waals surface area contributed by atoms with Crippen molar-refractivity contribution in [2.75, 3.05) is 13.2 Å². The molecule has 6 rings (SSSR count). The fourth-order valence-corrected chi connectivity index (χ4v) is 9.32. The zero-order chi connectivity index (χ0) is 30.0. The molecule has 1 saturated heterocycles. The van der Waals surface area contributed by atoms with Crippen molar-refractivity contribution in [2.24, 2.45) is 0 Å². The summed E-state index contributed by atoms with van der Waals surface area (Å²) in [6.45, 7) is 9.97. The van der Waals surface area contributed by atoms with E-state index >= 15 is 0 Å². The number of piperidine rings is 1. The lowest BCUT2D eigenvalue weighted by Crippen LogP contribution is -2.60. The number of likely N-dealkylation sites (tertiary alicyclic amines) is 1. The number of sulfone groups is 1. The Morgan fingerprint density at radius 3 is 2.29 bits per heavy atom. The van der Waals surface area contributed by atoms with Crippen molar-refractivity contribution in [2.45, 2.75) is 74.5 Å². The van der Waals surface area contributed by atoms with Gasteiger partial charge in [0.25, 0.3) is 0 Å². The van der Waals surface area contributed by atoms with Crippen LogP contribution in [0, 0.1) is 0 Å². The maximum Gasteiger partial charge on any atom is 0.410 e. The van der Waals surface area contributed by atoms with Crippen LogP contribution < -0.4 is 0 Å². The minimum atomic E-state index is -4.05. The van der Waals surface area contributed by atoms with Crippen LogP contribution in [-0.4, -0.2) is 48.3 Å². The molecular formula is C33H35ClN2O5S. The van der Waals surface area contributed by atoms with Gasteiger partial charge in [-0.2, -0.15) is 0 Å². The third-order valence-electron chi connectivity index (χ3n) is 8.65. The summed E-state index contributed by atoms with van der Waals surface area (Å²) in [4.78, 5) is 19.7. The number of amides is 1. The Hall–Kier alpha value is -3.36. The molecule has 1 aliphatic carbocycles. The minimum Gasteiger partial charge on any atom is -0.448 e. The Labute approximate surface area is 251 Å². The second-order valence-electron chi connectivity index (χ2n) is 12.8. The first kappa shape index (κ1) is 28.7. The number of benzene rings is 3. The molecule has 1 fully saturated rings. The minimum absolute atomic E-state index is 0.0721. The molecule has 1 amide bonds. The second-order valence-corrected chi connectivity index (χ2v) is 15.3. The zero-order valence-corrected chi connectivity index (χ0v) is 26.1. The molecule has 3 aromatic carbocycles. The summed E-state index contributed by atoms with van der Waals surface area (Å²) in [5, 5.41) is -0.848. The van der Waals surface area contributed by atoms with Crippen LogP contribution in [-0.2, 0) is 20.0 Å². The van der Waals surface area contributed by atoms with E-state index in [0.29, 0.717) is 30.8 Å². The monoisotopic (exact) mass is 606 g/mol. The molecule has 1 aliphatic heterocycles. The lowest BCUT2D eigenvalue weighted by atomic mass is 9.90. The van der Waals surface area contributed by atoms with E-state index in [0.717, 1.165) is 22.3 Å². The number of hydrogen-bond donors (Lipinski definition) is 0. The van der Waals surface area contributed by atoms with Crippen LogP contribution in [0.4, 0.5) is 4.79 Å². The van der Waals surface area contributed by atoms with Gasteiger partial charge >= 0.3 is 6.09 Å². The highest BCUT2D eigenvalue weighted by Gasteiger charge is 2.50. The molecule has 0 radical (unpaired) electrons. The van der Waals surface area contributed by atoms with E-state index in [4.69, 9.17) is 20.8 Å². The Bertz CT molecular complexity index is 1760. The number of aromatic nitrogens is 1. The predicted octanol–water partition coefficient (Wildman–Crippen LogP) is 7.74. The number of fused-ring (bicyclic) bond motifs is 4. The van der Waals surface area contributed by atoms with E-state index in [1.165, 1.54) is 0 Å². The molecular weight excluding hydrogens is 572 g/mol. The number of halogens is 1. The van der Waals surface area contributed by atoms with E-state index < -0.39 is 32.1 Å². The summed E-state index contributed by atoms with van der Waals surface area (Å²) >= 11 is 6.56. The molecule has 1 aromatic heterocycles. The number of oxazole rings is 1. The Kier molecular flexibility index (Phi) is 6.93. The van der Waals surface area contributed by atoms with Gasteiger partial charge in [-0.3, -0.25) is 0 Å². The molecule has 2 aliphatic rings. The van der Waals surface area contributed by atoms with Gasteiger partial charge in [0.2, 0.25) is 5.89 Å². The summed E-state index contributed by atoms with van der Waals surface area (Å²) in [6, 6.07) is 19.5. The van der Waals surface area contributed by atoms with Crippen LogP contribution in [0.2, 0.25) is 5.02 Å². The number of carbonyl (C=O) groups is 1. The van der Waals surface area contributed by atoms with Gasteiger partial charge in [-0.1, -0.05) is 80.9 Å². The zero-order valence-electron chi connectivity index (χ0n) is 24.5. The van der Waals surface area contributed by atoms with Gasteiger partial charge in [0.15, 0.2) is 15.4 Å². The number of hydrogen-bond acceptors (Lipinski definition) is 6. The molecule has 7 nitrogen and oxygen atoms in total. The van der Waals surface area contributed by atoms with Gasteiger partial charge in [0, 0.05) is 17.9 Å². The Morgan fingerprint density at radius 2 is 1.67 bits per heavy atom. The molecule has 0 bridgehead atoms. The lowest BCUT2D eigenvalue weighted by molar-refractivity contribution is 0.0438. The number of nitrogens with zero attached hydrogens (tertiary/aromatic N) is 2. The molecule has 220 valence electrons. The number of rotatable bonds is 4. The van der Waals surface area contributed by atoms with Crippen LogP contribution in [0.15, 0.2) is 70.0 Å². The molecule has 1 unspecified atom stereocenters. The molecule has 42 heavy (non-hydrogen) atoms. The third kappa shape index (κ3) is 4.60. The topological polar surface area (TPSA) is 89.7 Å². The van der Waals surface area contributed by atoms with Crippen molar-refractivity contribution >= 4 is 38.6 Å². The second kappa shape index (κ2) is 10.1. The average molecular weight is 607 g/mol. The molecule has 2 heterocycles. The first-order valence-electron chi connectivity index (χ1n) is 14.3. The van der Waals surface area contributed by atoms with Crippen LogP contribution in [0.25, 0.3) is 22.2 Å². The summed E-state index contributed by atoms with van der Waals surface area (Å²) < 4.78 is 40.7. The van der Waals surface area contributed by atoms with E-state index in [2.05, 4.69) is 29.2 Å². The molecule has 9 heteroatoms. The molecule has 0 N–H and O–H groups in total. The highest BCUT2D eigenvalue weighted by atomic mass is 35.5. The quantitative estimate of drug-likeness (QED) is 0.236. The summed E-state index contributed by atoms with van der Waals surface area (Å²) in [6.07, 6.45) is 0.352. The molecule has 0 spiro atoms. The first-order chi connectivity index (χ1) is 19.8. The van der Waals surface area contributed by atoms with Crippen molar-refractivity contribution in [3.8, 4) is 11.1 Å². The maximum atomic E-state index is 14.4. The van der Waals surface area contributed by atoms with Crippen molar-refractivity contribution < 1.29 is 22.4 Å². The predicted molar refractivity (Wildman–Crippen MR) is 164 cm³/mol. The van der Waals surface area contributed by atoms with Crippen LogP contribution in [0.5, 0.6) is 0 Å². The molecule has 0 saturated carbocycles. The van der Waals surface area contributed by atoms with Gasteiger partial charge in [-0.25, -0.2) is 18.2 Å². The van der Waals surface area contributed by atoms with Crippen LogP contribution in [0.3, 0.4) is 0 Å². The molecule has 4 aromatic rings. The SMILES string of the molecule is CC(C)(C)c1nc2ccc(Cl)c(S(=O)(=O)C3CCCN(C(=O)OCC4c5ccccc5-c5ccccc54)C3(C)C)c2o1. The van der Waals surface area contributed by atoms with Crippen molar-refractivity contribution in [3.05, 3.63) is 82.7 Å². The standard InChI is InChI=1S/C33H35ClN2O5S/c1-32(2,3)30-35-26-17-16-25(34)29(28(26)41-30)42(38,39)27-15-10-18-36(33(27,4)5)31(37)40-19-24-22-13-8-6-11-20(22)21-12-7-9-14-23(21)24/h6-9,11-14,16-17,24,27H,10,15,18-19H2,1-5H3. The van der Waals surface area contributed by atoms with E-state index in [1.807, 2.05) is 45.0 Å². The van der Waals surface area contributed by atoms with Crippen LogP contribution in [0.1, 0.15) is 70.4 Å². The van der Waals surface area contributed by atoms with Gasteiger partial charge in [-0.15, -0.1) is 0 Å². The molecule has 1 atom stereocenters. The normalized spacial score (nSPS) is 18.6. The summed E-state index contributed by atoms with van der Waals surface area (Å²) in [5.74, 6) is 0.341. The first-order valence-corrected chi connectivity index (χ1v) is 16.2. The van der Waals surface area contributed by atoms with Gasteiger partial charge in [0.1, 0.15) is 17.0 Å². The maximum absolute atomic E-state index is 14.4. The van der Waals surface area contributed by atoms with E-state index in [-0.39, 0.29) is 28.0 Å². The van der Waals surface area contributed by atoms with Gasteiger partial charge < -0.3 is 14.1 Å². The Balaban J connectivity index is 1.28. The highest BCUT2D eigenvalue weighted by Crippen LogP contribution is 2.45. The Morgan fingerprint density at radius 1 is 1.05 bits per heavy atom. The fraction of sp³-hybridized carbons (Fsp3) is 0.394. The number of carbonyl (C=O) groups excluding carboxylic acids is 1. The van der Waals surface area contributed by atoms with Gasteiger partial charge in [-0.05, 0) is 61.1 Å². The smallest absolute Gasteiger partial charge is 0.410 e. The van der Waals surface area contributed by atoms with Crippen molar-refractivity contribution in [1.29, 1.82) is 0 Å². The lowest BCUT2D eigenvalue weighted by Gasteiger charge is -2.46. The van der Waals surface area contributed by atoms with Gasteiger partial charge in [0.05, 0.1) is 15.8 Å². The highest BCUT2D eigenvalue weighted by molar-refractivity contribution is 7.92. The third-order valence-corrected chi connectivity index (χ3v) is 11.6. The van der Waals surface area contributed by atoms with Crippen molar-refractivity contribution in [3.63, 3.8) is 0 Å².